The highest BCUT2D eigenvalue weighted by Gasteiger charge is 2.18. The van der Waals surface area contributed by atoms with Crippen LogP contribution in [0.4, 0.5) is 0 Å². The lowest BCUT2D eigenvalue weighted by Gasteiger charge is -2.12. The van der Waals surface area contributed by atoms with Crippen LogP contribution >= 0.6 is 0 Å². The maximum atomic E-state index is 11.5. The molecule has 0 atom stereocenters. The molecule has 8 heteroatoms. The summed E-state index contributed by atoms with van der Waals surface area (Å²) in [5.41, 5.74) is -0.158. The molecule has 0 saturated carbocycles. The van der Waals surface area contributed by atoms with E-state index < -0.39 is 16.0 Å². The van der Waals surface area contributed by atoms with E-state index in [1.807, 2.05) is 19.0 Å². The number of nitrogens with two attached hydrogens (primary N) is 1. The summed E-state index contributed by atoms with van der Waals surface area (Å²) in [6.45, 7) is 1.10. The topological polar surface area (TPSA) is 110 Å². The number of hydrogen-bond acceptors (Lipinski definition) is 5. The average Bonchev–Trinajstić information content (AvgIpc) is 2.33. The highest BCUT2D eigenvalue weighted by atomic mass is 32.2. The van der Waals surface area contributed by atoms with E-state index in [4.69, 9.17) is 15.0 Å². The van der Waals surface area contributed by atoms with Crippen LogP contribution < -0.4 is 9.88 Å². The number of ether oxygens (including phenoxy) is 1. The summed E-state index contributed by atoms with van der Waals surface area (Å²) in [7, 11) is -0.213. The zero-order chi connectivity index (χ0) is 15.3. The number of carboxylic acids is 1. The lowest BCUT2D eigenvalue weighted by atomic mass is 10.2. The molecule has 0 aliphatic rings. The zero-order valence-electron chi connectivity index (χ0n) is 11.4. The molecule has 20 heavy (non-hydrogen) atoms. The van der Waals surface area contributed by atoms with E-state index in [0.717, 1.165) is 12.6 Å². The summed E-state index contributed by atoms with van der Waals surface area (Å²) in [5, 5.41) is 13.9. The maximum Gasteiger partial charge on any atom is 0.335 e. The molecule has 0 aliphatic heterocycles. The van der Waals surface area contributed by atoms with Gasteiger partial charge in [0.15, 0.2) is 0 Å². The molecule has 0 amide bonds. The first-order valence-corrected chi connectivity index (χ1v) is 7.44. The van der Waals surface area contributed by atoms with Crippen LogP contribution in [0.15, 0.2) is 23.1 Å². The maximum absolute atomic E-state index is 11.5. The summed E-state index contributed by atoms with van der Waals surface area (Å²) in [6, 6.07) is 3.58. The summed E-state index contributed by atoms with van der Waals surface area (Å²) < 4.78 is 28.3. The molecular formula is C12H18N2O5S. The van der Waals surface area contributed by atoms with Gasteiger partial charge in [0, 0.05) is 6.54 Å². The van der Waals surface area contributed by atoms with Gasteiger partial charge in [-0.2, -0.15) is 0 Å². The van der Waals surface area contributed by atoms with Crippen molar-refractivity contribution in [2.24, 2.45) is 5.14 Å². The number of carboxylic acid groups (broad SMARTS) is 1. The Morgan fingerprint density at radius 1 is 1.40 bits per heavy atom. The molecule has 0 aromatic heterocycles. The van der Waals surface area contributed by atoms with Crippen LogP contribution in [-0.4, -0.2) is 51.6 Å². The molecule has 0 radical (unpaired) electrons. The van der Waals surface area contributed by atoms with Gasteiger partial charge in [-0.25, -0.2) is 18.4 Å². The number of sulfonamides is 1. The Kier molecular flexibility index (Phi) is 5.49. The van der Waals surface area contributed by atoms with E-state index in [1.165, 1.54) is 12.1 Å². The molecule has 0 aliphatic carbocycles. The molecule has 1 aromatic carbocycles. The van der Waals surface area contributed by atoms with Crippen molar-refractivity contribution in [3.63, 3.8) is 0 Å². The van der Waals surface area contributed by atoms with Gasteiger partial charge in [0.25, 0.3) is 0 Å². The van der Waals surface area contributed by atoms with E-state index in [1.54, 1.807) is 0 Å². The lowest BCUT2D eigenvalue weighted by Crippen LogP contribution is -2.17. The minimum atomic E-state index is -4.04. The lowest BCUT2D eigenvalue weighted by molar-refractivity contribution is 0.0696. The molecule has 112 valence electrons. The van der Waals surface area contributed by atoms with Crippen LogP contribution in [0.25, 0.3) is 0 Å². The molecule has 0 spiro atoms. The minimum absolute atomic E-state index is 0.0660. The molecule has 3 N–H and O–H groups in total. The number of carbonyl (C=O) groups is 1. The van der Waals surface area contributed by atoms with Gasteiger partial charge in [-0.3, -0.25) is 0 Å². The number of hydrogen-bond donors (Lipinski definition) is 2. The molecule has 0 heterocycles. The standard InChI is InChI=1S/C12H18N2O5S/c1-14(2)6-3-7-19-10-5-4-9(12(15)16)8-11(10)20(13,17)18/h4-5,8H,3,6-7H2,1-2H3,(H,15,16)(H2,13,17,18). The van der Waals surface area contributed by atoms with Crippen molar-refractivity contribution >= 4 is 16.0 Å². The van der Waals surface area contributed by atoms with Crippen molar-refractivity contribution in [1.82, 2.24) is 4.90 Å². The summed E-state index contributed by atoms with van der Waals surface area (Å²) in [5.74, 6) is -1.16. The van der Waals surface area contributed by atoms with Gasteiger partial charge in [0.2, 0.25) is 10.0 Å². The summed E-state index contributed by atoms with van der Waals surface area (Å²) >= 11 is 0. The fourth-order valence-electron chi connectivity index (χ4n) is 1.55. The fraction of sp³-hybridized carbons (Fsp3) is 0.417. The molecule has 1 rings (SSSR count). The molecule has 0 saturated heterocycles. The third-order valence-corrected chi connectivity index (χ3v) is 3.44. The third-order valence-electron chi connectivity index (χ3n) is 2.50. The third kappa shape index (κ3) is 4.80. The van der Waals surface area contributed by atoms with Crippen LogP contribution in [0.5, 0.6) is 5.75 Å². The zero-order valence-corrected chi connectivity index (χ0v) is 12.2. The van der Waals surface area contributed by atoms with Crippen molar-refractivity contribution in [2.75, 3.05) is 27.2 Å². The summed E-state index contributed by atoms with van der Waals surface area (Å²) in [4.78, 5) is 12.5. The second kappa shape index (κ2) is 6.69. The van der Waals surface area contributed by atoms with E-state index >= 15 is 0 Å². The predicted molar refractivity (Wildman–Crippen MR) is 73.4 cm³/mol. The van der Waals surface area contributed by atoms with E-state index in [9.17, 15) is 13.2 Å². The van der Waals surface area contributed by atoms with Crippen LogP contribution in [0.1, 0.15) is 16.8 Å². The monoisotopic (exact) mass is 302 g/mol. The molecule has 0 unspecified atom stereocenters. The highest BCUT2D eigenvalue weighted by Crippen LogP contribution is 2.24. The van der Waals surface area contributed by atoms with E-state index in [2.05, 4.69) is 0 Å². The van der Waals surface area contributed by atoms with Crippen molar-refractivity contribution in [3.05, 3.63) is 23.8 Å². The number of aromatic carboxylic acids is 1. The van der Waals surface area contributed by atoms with E-state index in [0.29, 0.717) is 13.0 Å². The first-order valence-electron chi connectivity index (χ1n) is 5.89. The molecule has 1 aromatic rings. The van der Waals surface area contributed by atoms with Gasteiger partial charge in [0.1, 0.15) is 10.6 Å². The predicted octanol–water partition coefficient (Wildman–Crippen LogP) is 0.363. The Morgan fingerprint density at radius 2 is 2.05 bits per heavy atom. The quantitative estimate of drug-likeness (QED) is 0.704. The smallest absolute Gasteiger partial charge is 0.335 e. The number of primary sulfonamides is 1. The first-order chi connectivity index (χ1) is 9.21. The molecule has 0 bridgehead atoms. The van der Waals surface area contributed by atoms with Crippen molar-refractivity contribution < 1.29 is 23.1 Å². The van der Waals surface area contributed by atoms with Gasteiger partial charge in [-0.1, -0.05) is 0 Å². The Labute approximate surface area is 118 Å². The second-order valence-electron chi connectivity index (χ2n) is 4.52. The van der Waals surface area contributed by atoms with Gasteiger partial charge >= 0.3 is 5.97 Å². The average molecular weight is 302 g/mol. The van der Waals surface area contributed by atoms with Crippen LogP contribution in [0, 0.1) is 0 Å². The highest BCUT2D eigenvalue weighted by molar-refractivity contribution is 7.89. The molecule has 0 fully saturated rings. The Hall–Kier alpha value is -1.64. The van der Waals surface area contributed by atoms with Gasteiger partial charge in [-0.15, -0.1) is 0 Å². The van der Waals surface area contributed by atoms with Gasteiger partial charge in [0.05, 0.1) is 12.2 Å². The van der Waals surface area contributed by atoms with E-state index in [-0.39, 0.29) is 16.2 Å². The van der Waals surface area contributed by atoms with Crippen molar-refractivity contribution in [1.29, 1.82) is 0 Å². The second-order valence-corrected chi connectivity index (χ2v) is 6.05. The number of nitrogens with zero attached hydrogens (tertiary/aromatic N) is 1. The number of benzene rings is 1. The van der Waals surface area contributed by atoms with Crippen molar-refractivity contribution in [2.45, 2.75) is 11.3 Å². The Bertz CT molecular complexity index is 584. The fourth-order valence-corrected chi connectivity index (χ4v) is 2.24. The first kappa shape index (κ1) is 16.4. The van der Waals surface area contributed by atoms with Crippen LogP contribution in [0.3, 0.4) is 0 Å². The SMILES string of the molecule is CN(C)CCCOc1ccc(C(=O)O)cc1S(N)(=O)=O. The number of rotatable bonds is 7. The minimum Gasteiger partial charge on any atom is -0.492 e. The molecular weight excluding hydrogens is 284 g/mol. The van der Waals surface area contributed by atoms with Gasteiger partial charge in [-0.05, 0) is 38.7 Å². The Balaban J connectivity index is 2.93. The van der Waals surface area contributed by atoms with Crippen molar-refractivity contribution in [3.8, 4) is 5.75 Å². The summed E-state index contributed by atoms with van der Waals surface area (Å²) in [6.07, 6.45) is 0.706. The van der Waals surface area contributed by atoms with Crippen LogP contribution in [-0.2, 0) is 10.0 Å². The van der Waals surface area contributed by atoms with Crippen LogP contribution in [0.2, 0.25) is 0 Å². The van der Waals surface area contributed by atoms with Gasteiger partial charge < -0.3 is 14.7 Å². The molecule has 7 nitrogen and oxygen atoms in total. The largest absolute Gasteiger partial charge is 0.492 e. The Morgan fingerprint density at radius 3 is 2.55 bits per heavy atom. The normalized spacial score (nSPS) is 11.6.